The van der Waals surface area contributed by atoms with Crippen LogP contribution in [0.3, 0.4) is 0 Å². The molecule has 1 N–H and O–H groups in total. The number of allylic oxidation sites excluding steroid dienone is 2. The average molecular weight is 442 g/mol. The summed E-state index contributed by atoms with van der Waals surface area (Å²) in [6.45, 7) is 4.16. The Labute approximate surface area is 188 Å². The van der Waals surface area contributed by atoms with Crippen molar-refractivity contribution >= 4 is 11.8 Å². The highest BCUT2D eigenvalue weighted by molar-refractivity contribution is 6.00. The lowest BCUT2D eigenvalue weighted by molar-refractivity contribution is -0.153. The zero-order chi connectivity index (χ0) is 22.8. The predicted molar refractivity (Wildman–Crippen MR) is 119 cm³/mol. The summed E-state index contributed by atoms with van der Waals surface area (Å²) >= 11 is 0. The topological polar surface area (TPSA) is 83.1 Å². The Bertz CT molecular complexity index is 934. The Hall–Kier alpha value is -2.96. The van der Waals surface area contributed by atoms with E-state index in [1.165, 1.54) is 0 Å². The van der Waals surface area contributed by atoms with Crippen LogP contribution in [0, 0.1) is 5.92 Å². The first-order valence-electron chi connectivity index (χ1n) is 11.2. The van der Waals surface area contributed by atoms with E-state index in [1.807, 2.05) is 12.1 Å². The third-order valence-electron chi connectivity index (χ3n) is 6.67. The van der Waals surface area contributed by atoms with E-state index in [1.54, 1.807) is 21.3 Å². The van der Waals surface area contributed by atoms with Gasteiger partial charge in [-0.05, 0) is 56.2 Å². The quantitative estimate of drug-likeness (QED) is 0.668. The van der Waals surface area contributed by atoms with Gasteiger partial charge in [0.05, 0.1) is 21.3 Å². The van der Waals surface area contributed by atoms with Crippen LogP contribution in [0.4, 0.5) is 0 Å². The molecule has 32 heavy (non-hydrogen) atoms. The lowest BCUT2D eigenvalue weighted by atomic mass is 9.71. The molecule has 0 bridgehead atoms. The van der Waals surface area contributed by atoms with Gasteiger partial charge in [-0.2, -0.15) is 0 Å². The van der Waals surface area contributed by atoms with Gasteiger partial charge in [0.2, 0.25) is 5.75 Å². The second-order valence-corrected chi connectivity index (χ2v) is 8.58. The van der Waals surface area contributed by atoms with Gasteiger partial charge < -0.3 is 24.3 Å². The molecule has 3 aliphatic rings. The molecule has 1 saturated carbocycles. The first-order valence-corrected chi connectivity index (χ1v) is 11.2. The van der Waals surface area contributed by atoms with Gasteiger partial charge in [-0.25, -0.2) is 0 Å². The maximum atomic E-state index is 13.4. The number of hydrogen-bond acceptors (Lipinski definition) is 7. The fourth-order valence-corrected chi connectivity index (χ4v) is 5.16. The van der Waals surface area contributed by atoms with Gasteiger partial charge in [0.1, 0.15) is 12.0 Å². The molecule has 2 atom stereocenters. The minimum absolute atomic E-state index is 0.0451. The number of nitrogens with one attached hydrogen (secondary N) is 1. The monoisotopic (exact) mass is 441 g/mol. The van der Waals surface area contributed by atoms with E-state index in [4.69, 9.17) is 18.9 Å². The molecular formula is C25H31NO6. The molecular weight excluding hydrogens is 410 g/mol. The van der Waals surface area contributed by atoms with Crippen molar-refractivity contribution in [2.45, 2.75) is 57.0 Å². The zero-order valence-electron chi connectivity index (χ0n) is 19.0. The number of hydrogen-bond donors (Lipinski definition) is 1. The van der Waals surface area contributed by atoms with Crippen molar-refractivity contribution in [1.82, 2.24) is 5.32 Å². The van der Waals surface area contributed by atoms with Crippen LogP contribution in [0.15, 0.2) is 35.7 Å². The number of Topliss-reactive ketones (excluding diaryl/α,β-unsaturated/α-hetero) is 1. The van der Waals surface area contributed by atoms with E-state index < -0.39 is 11.8 Å². The molecule has 1 aromatic rings. The summed E-state index contributed by atoms with van der Waals surface area (Å²) < 4.78 is 22.4. The molecule has 7 nitrogen and oxygen atoms in total. The highest BCUT2D eigenvalue weighted by Gasteiger charge is 2.45. The van der Waals surface area contributed by atoms with Crippen molar-refractivity contribution in [2.24, 2.45) is 5.92 Å². The largest absolute Gasteiger partial charge is 0.493 e. The molecule has 1 heterocycles. The van der Waals surface area contributed by atoms with Crippen LogP contribution in [0.1, 0.15) is 56.4 Å². The van der Waals surface area contributed by atoms with Crippen LogP contribution >= 0.6 is 0 Å². The van der Waals surface area contributed by atoms with Gasteiger partial charge in [0.15, 0.2) is 17.3 Å². The van der Waals surface area contributed by atoms with E-state index >= 15 is 0 Å². The van der Waals surface area contributed by atoms with Gasteiger partial charge in [-0.3, -0.25) is 9.59 Å². The predicted octanol–water partition coefficient (Wildman–Crippen LogP) is 4.02. The fraction of sp³-hybridized carbons (Fsp3) is 0.520. The molecule has 7 heteroatoms. The smallest absolute Gasteiger partial charge is 0.316 e. The Morgan fingerprint density at radius 2 is 1.66 bits per heavy atom. The van der Waals surface area contributed by atoms with Crippen LogP contribution in [-0.2, 0) is 14.3 Å². The molecule has 1 aromatic carbocycles. The Balaban J connectivity index is 1.83. The highest BCUT2D eigenvalue weighted by atomic mass is 16.5. The van der Waals surface area contributed by atoms with Crippen molar-refractivity contribution < 1.29 is 28.5 Å². The Morgan fingerprint density at radius 3 is 2.25 bits per heavy atom. The highest BCUT2D eigenvalue weighted by Crippen LogP contribution is 2.48. The lowest BCUT2D eigenvalue weighted by Crippen LogP contribution is -2.41. The number of carbonyl (C=O) groups excluding carboxylic acids is 2. The van der Waals surface area contributed by atoms with Crippen molar-refractivity contribution in [1.29, 1.82) is 0 Å². The number of rotatable bonds is 6. The van der Waals surface area contributed by atoms with Gasteiger partial charge in [-0.15, -0.1) is 0 Å². The number of methoxy groups -OCH3 is 3. The fourth-order valence-electron chi connectivity index (χ4n) is 5.16. The van der Waals surface area contributed by atoms with Crippen molar-refractivity contribution in [3.63, 3.8) is 0 Å². The summed E-state index contributed by atoms with van der Waals surface area (Å²) in [4.78, 5) is 26.5. The number of carbonyl (C=O) groups is 2. The maximum absolute atomic E-state index is 13.4. The summed E-state index contributed by atoms with van der Waals surface area (Å²) in [5.41, 5.74) is 2.76. The van der Waals surface area contributed by atoms with E-state index in [0.29, 0.717) is 34.9 Å². The van der Waals surface area contributed by atoms with E-state index in [9.17, 15) is 9.59 Å². The molecule has 0 radical (unpaired) electrons. The summed E-state index contributed by atoms with van der Waals surface area (Å²) in [7, 11) is 4.63. The van der Waals surface area contributed by atoms with E-state index in [-0.39, 0.29) is 17.9 Å². The Kier molecular flexibility index (Phi) is 6.44. The Morgan fingerprint density at radius 1 is 1.00 bits per heavy atom. The molecule has 0 amide bonds. The van der Waals surface area contributed by atoms with Gasteiger partial charge >= 0.3 is 5.97 Å². The molecule has 0 saturated heterocycles. The molecule has 0 spiro atoms. The van der Waals surface area contributed by atoms with Crippen LogP contribution in [0.25, 0.3) is 0 Å². The van der Waals surface area contributed by atoms with Crippen LogP contribution in [0.5, 0.6) is 17.2 Å². The minimum Gasteiger partial charge on any atom is -0.493 e. The summed E-state index contributed by atoms with van der Waals surface area (Å²) in [5.74, 6) is -0.158. The van der Waals surface area contributed by atoms with Gasteiger partial charge in [0.25, 0.3) is 0 Å². The van der Waals surface area contributed by atoms with Crippen LogP contribution < -0.4 is 19.5 Å². The molecule has 172 valence electrons. The molecule has 1 fully saturated rings. The first kappa shape index (κ1) is 22.2. The molecule has 1 aliphatic heterocycles. The van der Waals surface area contributed by atoms with Crippen molar-refractivity contribution in [3.05, 3.63) is 41.2 Å². The first-order chi connectivity index (χ1) is 15.5. The molecule has 0 aromatic heterocycles. The summed E-state index contributed by atoms with van der Waals surface area (Å²) in [5, 5.41) is 3.26. The molecule has 2 unspecified atom stereocenters. The third-order valence-corrected chi connectivity index (χ3v) is 6.67. The van der Waals surface area contributed by atoms with Crippen LogP contribution in [0.2, 0.25) is 0 Å². The zero-order valence-corrected chi connectivity index (χ0v) is 19.0. The molecule has 2 aliphatic carbocycles. The normalized spacial score (nSPS) is 23.5. The lowest BCUT2D eigenvalue weighted by Gasteiger charge is -2.38. The number of benzene rings is 1. The average Bonchev–Trinajstić information content (AvgIpc) is 3.30. The number of ketones is 1. The van der Waals surface area contributed by atoms with E-state index in [2.05, 4.69) is 11.9 Å². The second-order valence-electron chi connectivity index (χ2n) is 8.58. The SMILES string of the molecule is C=C1NC2=C(C(=O)CCC2)C(c2cc(OC)c(OC)c(OC)c2)C1C(=O)OC1CCCC1. The van der Waals surface area contributed by atoms with Gasteiger partial charge in [0, 0.05) is 29.3 Å². The van der Waals surface area contributed by atoms with Gasteiger partial charge in [-0.1, -0.05) is 6.58 Å². The maximum Gasteiger partial charge on any atom is 0.316 e. The van der Waals surface area contributed by atoms with E-state index in [0.717, 1.165) is 49.8 Å². The number of ether oxygens (including phenoxy) is 4. The third kappa shape index (κ3) is 3.96. The summed E-state index contributed by atoms with van der Waals surface area (Å²) in [6.07, 6.45) is 5.77. The van der Waals surface area contributed by atoms with Crippen LogP contribution in [-0.4, -0.2) is 39.2 Å². The molecule has 4 rings (SSSR count). The van der Waals surface area contributed by atoms with Crippen molar-refractivity contribution in [3.8, 4) is 17.2 Å². The number of esters is 1. The standard InChI is InChI=1S/C25H31NO6/c1-14-21(25(28)32-16-8-5-6-9-16)22(23-17(26-14)10-7-11-18(23)27)15-12-19(29-2)24(31-4)20(13-15)30-3/h12-13,16,21-22,26H,1,5-11H2,2-4H3. The second kappa shape index (κ2) is 9.27. The minimum atomic E-state index is -0.723. The van der Waals surface area contributed by atoms with Crippen molar-refractivity contribution in [2.75, 3.05) is 21.3 Å². The summed E-state index contributed by atoms with van der Waals surface area (Å²) in [6, 6.07) is 3.62.